The van der Waals surface area contributed by atoms with E-state index in [1.165, 1.54) is 24.8 Å². The van der Waals surface area contributed by atoms with Crippen LogP contribution in [0.3, 0.4) is 0 Å². The van der Waals surface area contributed by atoms with Crippen molar-refractivity contribution in [3.63, 3.8) is 0 Å². The minimum absolute atomic E-state index is 0.571. The van der Waals surface area contributed by atoms with Crippen molar-refractivity contribution in [3.8, 4) is 0 Å². The maximum absolute atomic E-state index is 2.39. The van der Waals surface area contributed by atoms with Gasteiger partial charge in [0.25, 0.3) is 0 Å². The Labute approximate surface area is 110 Å². The van der Waals surface area contributed by atoms with Gasteiger partial charge in [-0.15, -0.1) is 0 Å². The van der Waals surface area contributed by atoms with E-state index in [2.05, 4.69) is 51.1 Å². The highest BCUT2D eigenvalue weighted by molar-refractivity contribution is 5.46. The van der Waals surface area contributed by atoms with Gasteiger partial charge in [-0.2, -0.15) is 0 Å². The molecule has 2 aliphatic rings. The molecule has 0 N–H and O–H groups in total. The second-order valence-electron chi connectivity index (χ2n) is 6.02. The Morgan fingerprint density at radius 1 is 1.11 bits per heavy atom. The highest BCUT2D eigenvalue weighted by atomic mass is 14.3. The van der Waals surface area contributed by atoms with Gasteiger partial charge in [-0.25, -0.2) is 0 Å². The lowest BCUT2D eigenvalue weighted by Gasteiger charge is -2.22. The van der Waals surface area contributed by atoms with Crippen molar-refractivity contribution in [2.45, 2.75) is 46.0 Å². The van der Waals surface area contributed by atoms with E-state index >= 15 is 0 Å². The fourth-order valence-electron chi connectivity index (χ4n) is 3.48. The van der Waals surface area contributed by atoms with Crippen LogP contribution in [0.15, 0.2) is 41.5 Å². The van der Waals surface area contributed by atoms with Gasteiger partial charge in [0.15, 0.2) is 0 Å². The lowest BCUT2D eigenvalue weighted by Crippen LogP contribution is -2.06. The Bertz CT molecular complexity index is 531. The maximum atomic E-state index is 2.39. The molecule has 0 saturated carbocycles. The quantitative estimate of drug-likeness (QED) is 0.600. The first-order chi connectivity index (χ1) is 8.65. The zero-order valence-corrected chi connectivity index (χ0v) is 11.7. The highest BCUT2D eigenvalue weighted by Gasteiger charge is 2.23. The van der Waals surface area contributed by atoms with Gasteiger partial charge in [0.2, 0.25) is 0 Å². The van der Waals surface area contributed by atoms with Crippen LogP contribution in [0.1, 0.15) is 49.3 Å². The Kier molecular flexibility index (Phi) is 2.89. The standard InChI is InChI=1S/C18H22/c1-12-4-8-17-14(3)18-9-5-13(2)11-16(18)7-6-15(17)10-12/h4-5,8-10,13-14H,6-7,11H2,1-3H3. The summed E-state index contributed by atoms with van der Waals surface area (Å²) in [5.41, 5.74) is 7.80. The van der Waals surface area contributed by atoms with Crippen LogP contribution in [0.4, 0.5) is 0 Å². The number of benzene rings is 1. The molecule has 0 aromatic heterocycles. The van der Waals surface area contributed by atoms with Crippen molar-refractivity contribution in [1.82, 2.24) is 0 Å². The van der Waals surface area contributed by atoms with Crippen molar-refractivity contribution in [3.05, 3.63) is 58.2 Å². The molecule has 0 aliphatic heterocycles. The summed E-state index contributed by atoms with van der Waals surface area (Å²) in [5, 5.41) is 0. The molecule has 0 saturated heterocycles. The average molecular weight is 238 g/mol. The van der Waals surface area contributed by atoms with E-state index in [0.29, 0.717) is 5.92 Å². The van der Waals surface area contributed by atoms with Crippen LogP contribution in [-0.2, 0) is 6.42 Å². The molecule has 0 fully saturated rings. The van der Waals surface area contributed by atoms with E-state index in [1.54, 1.807) is 22.3 Å². The predicted octanol–water partition coefficient (Wildman–Crippen LogP) is 4.94. The van der Waals surface area contributed by atoms with E-state index in [9.17, 15) is 0 Å². The highest BCUT2D eigenvalue weighted by Crippen LogP contribution is 2.40. The average Bonchev–Trinajstić information content (AvgIpc) is 2.47. The Morgan fingerprint density at radius 2 is 1.94 bits per heavy atom. The molecule has 0 amide bonds. The topological polar surface area (TPSA) is 0 Å². The minimum atomic E-state index is 0.571. The molecule has 2 atom stereocenters. The van der Waals surface area contributed by atoms with Gasteiger partial charge in [0.1, 0.15) is 0 Å². The maximum Gasteiger partial charge on any atom is 0.00631 e. The number of aryl methyl sites for hydroxylation is 2. The second-order valence-corrected chi connectivity index (χ2v) is 6.02. The van der Waals surface area contributed by atoms with Crippen LogP contribution in [0.25, 0.3) is 0 Å². The SMILES string of the molecule is Cc1ccc2c(c1)CCC1=C(C=CC(C)C1)C2C. The number of fused-ring (bicyclic) bond motifs is 1. The summed E-state index contributed by atoms with van der Waals surface area (Å²) in [4.78, 5) is 0. The van der Waals surface area contributed by atoms with Crippen molar-refractivity contribution >= 4 is 0 Å². The van der Waals surface area contributed by atoms with Crippen molar-refractivity contribution in [1.29, 1.82) is 0 Å². The van der Waals surface area contributed by atoms with Crippen LogP contribution in [-0.4, -0.2) is 0 Å². The summed E-state index contributed by atoms with van der Waals surface area (Å²) >= 11 is 0. The van der Waals surface area contributed by atoms with Crippen LogP contribution < -0.4 is 0 Å². The van der Waals surface area contributed by atoms with Crippen LogP contribution >= 0.6 is 0 Å². The molecule has 2 unspecified atom stereocenters. The fraction of sp³-hybridized carbons (Fsp3) is 0.444. The molecule has 0 nitrogen and oxygen atoms in total. The molecule has 18 heavy (non-hydrogen) atoms. The zero-order valence-electron chi connectivity index (χ0n) is 11.7. The molecular formula is C18H22. The van der Waals surface area contributed by atoms with Crippen molar-refractivity contribution in [2.75, 3.05) is 0 Å². The van der Waals surface area contributed by atoms with Crippen LogP contribution in [0.2, 0.25) is 0 Å². The summed E-state index contributed by atoms with van der Waals surface area (Å²) in [5.74, 6) is 1.29. The zero-order chi connectivity index (χ0) is 12.7. The Hall–Kier alpha value is -1.30. The molecule has 0 heteroatoms. The van der Waals surface area contributed by atoms with Gasteiger partial charge in [0, 0.05) is 5.92 Å². The van der Waals surface area contributed by atoms with Crippen molar-refractivity contribution in [2.24, 2.45) is 5.92 Å². The van der Waals surface area contributed by atoms with Gasteiger partial charge in [-0.05, 0) is 48.8 Å². The largest absolute Gasteiger partial charge is 0.0811 e. The first kappa shape index (κ1) is 11.8. The van der Waals surface area contributed by atoms with E-state index in [0.717, 1.165) is 5.92 Å². The van der Waals surface area contributed by atoms with Gasteiger partial charge >= 0.3 is 0 Å². The molecule has 1 aromatic carbocycles. The van der Waals surface area contributed by atoms with Gasteiger partial charge < -0.3 is 0 Å². The molecule has 0 radical (unpaired) electrons. The molecule has 1 aromatic rings. The normalized spacial score (nSPS) is 26.6. The van der Waals surface area contributed by atoms with Crippen LogP contribution in [0, 0.1) is 12.8 Å². The molecule has 0 bridgehead atoms. The molecule has 3 rings (SSSR count). The lowest BCUT2D eigenvalue weighted by molar-refractivity contribution is 0.665. The minimum Gasteiger partial charge on any atom is -0.0811 e. The third kappa shape index (κ3) is 1.94. The number of rotatable bonds is 0. The summed E-state index contributed by atoms with van der Waals surface area (Å²) in [6.07, 6.45) is 8.52. The Balaban J connectivity index is 2.05. The Morgan fingerprint density at radius 3 is 2.78 bits per heavy atom. The molecule has 94 valence electrons. The summed E-state index contributed by atoms with van der Waals surface area (Å²) in [6, 6.07) is 6.99. The van der Waals surface area contributed by atoms with E-state index < -0.39 is 0 Å². The first-order valence-electron chi connectivity index (χ1n) is 7.14. The van der Waals surface area contributed by atoms with Crippen molar-refractivity contribution < 1.29 is 0 Å². The number of hydrogen-bond acceptors (Lipinski definition) is 0. The van der Waals surface area contributed by atoms with Gasteiger partial charge in [-0.1, -0.05) is 55.3 Å². The number of hydrogen-bond donors (Lipinski definition) is 0. The number of allylic oxidation sites excluding steroid dienone is 4. The predicted molar refractivity (Wildman–Crippen MR) is 77.9 cm³/mol. The fourth-order valence-corrected chi connectivity index (χ4v) is 3.48. The van der Waals surface area contributed by atoms with Crippen LogP contribution in [0.5, 0.6) is 0 Å². The molecule has 2 aliphatic carbocycles. The van der Waals surface area contributed by atoms with E-state index in [4.69, 9.17) is 0 Å². The summed E-state index contributed by atoms with van der Waals surface area (Å²) < 4.78 is 0. The third-order valence-electron chi connectivity index (χ3n) is 4.51. The third-order valence-corrected chi connectivity index (χ3v) is 4.51. The van der Waals surface area contributed by atoms with E-state index in [-0.39, 0.29) is 0 Å². The summed E-state index contributed by atoms with van der Waals surface area (Å²) in [6.45, 7) is 6.90. The molecule has 0 spiro atoms. The lowest BCUT2D eigenvalue weighted by atomic mass is 9.83. The summed E-state index contributed by atoms with van der Waals surface area (Å²) in [7, 11) is 0. The second kappa shape index (κ2) is 4.42. The molecule has 0 heterocycles. The van der Waals surface area contributed by atoms with Gasteiger partial charge in [-0.3, -0.25) is 0 Å². The van der Waals surface area contributed by atoms with Gasteiger partial charge in [0.05, 0.1) is 0 Å². The van der Waals surface area contributed by atoms with E-state index in [1.807, 2.05) is 0 Å². The monoisotopic (exact) mass is 238 g/mol. The molecular weight excluding hydrogens is 216 g/mol. The smallest absolute Gasteiger partial charge is 0.00631 e. The first-order valence-corrected chi connectivity index (χ1v) is 7.14.